The normalized spacial score (nSPS) is 19.3. The monoisotopic (exact) mass is 398 g/mol. The molecule has 0 aromatic carbocycles. The van der Waals surface area contributed by atoms with E-state index in [0.29, 0.717) is 5.91 Å². The van der Waals surface area contributed by atoms with E-state index in [-0.39, 0.29) is 5.92 Å². The second kappa shape index (κ2) is 8.67. The summed E-state index contributed by atoms with van der Waals surface area (Å²) in [7, 11) is 1.91. The number of aryl methyl sites for hydroxylation is 2. The van der Waals surface area contributed by atoms with Gasteiger partial charge in [-0.25, -0.2) is 9.97 Å². The van der Waals surface area contributed by atoms with Gasteiger partial charge in [0.05, 0.1) is 11.6 Å². The molecule has 2 aromatic rings. The Kier molecular flexibility index (Phi) is 6.01. The molecule has 0 radical (unpaired) electrons. The molecule has 1 saturated heterocycles. The van der Waals surface area contributed by atoms with Crippen LogP contribution in [0.15, 0.2) is 6.20 Å². The Morgan fingerprint density at radius 3 is 2.59 bits per heavy atom. The summed E-state index contributed by atoms with van der Waals surface area (Å²) in [5.41, 5.74) is 0.866. The summed E-state index contributed by atoms with van der Waals surface area (Å²) in [5, 5.41) is 5.34. The second-order valence-electron chi connectivity index (χ2n) is 8.78. The molecule has 4 rings (SSSR count). The molecule has 2 aromatic heterocycles. The summed E-state index contributed by atoms with van der Waals surface area (Å²) in [6.45, 7) is 7.30. The van der Waals surface area contributed by atoms with Gasteiger partial charge in [-0.05, 0) is 25.7 Å². The standard InChI is InChI=1S/C22H34N6O/c1-4-7-18(14-17-8-5-6-9-17)22(29)28-12-10-27(11-13-28)21-19-15-23-26(3)20(19)24-16(2)25-21/h15,17-18H,4-14H2,1-3H3. The molecule has 29 heavy (non-hydrogen) atoms. The molecule has 2 fully saturated rings. The van der Waals surface area contributed by atoms with Gasteiger partial charge in [0, 0.05) is 39.1 Å². The Morgan fingerprint density at radius 2 is 1.90 bits per heavy atom. The number of hydrogen-bond donors (Lipinski definition) is 0. The highest BCUT2D eigenvalue weighted by Crippen LogP contribution is 2.33. The van der Waals surface area contributed by atoms with Crippen LogP contribution in [0.3, 0.4) is 0 Å². The molecule has 3 heterocycles. The number of carbonyl (C=O) groups excluding carboxylic acids is 1. The van der Waals surface area contributed by atoms with Gasteiger partial charge >= 0.3 is 0 Å². The topological polar surface area (TPSA) is 67.2 Å². The zero-order valence-corrected chi connectivity index (χ0v) is 18.1. The van der Waals surface area contributed by atoms with Crippen molar-refractivity contribution in [2.24, 2.45) is 18.9 Å². The quantitative estimate of drug-likeness (QED) is 0.747. The van der Waals surface area contributed by atoms with Crippen LogP contribution in [0.25, 0.3) is 11.0 Å². The van der Waals surface area contributed by atoms with Gasteiger partial charge in [-0.2, -0.15) is 5.10 Å². The fourth-order valence-electron chi connectivity index (χ4n) is 5.09. The summed E-state index contributed by atoms with van der Waals surface area (Å²) < 4.78 is 1.80. The lowest BCUT2D eigenvalue weighted by molar-refractivity contribution is -0.136. The molecule has 7 nitrogen and oxygen atoms in total. The van der Waals surface area contributed by atoms with Gasteiger partial charge < -0.3 is 9.80 Å². The third kappa shape index (κ3) is 4.23. The van der Waals surface area contributed by atoms with E-state index < -0.39 is 0 Å². The first-order valence-corrected chi connectivity index (χ1v) is 11.3. The van der Waals surface area contributed by atoms with Crippen LogP contribution in [0.4, 0.5) is 5.82 Å². The highest BCUT2D eigenvalue weighted by atomic mass is 16.2. The average molecular weight is 399 g/mol. The van der Waals surface area contributed by atoms with E-state index in [1.54, 1.807) is 4.68 Å². The van der Waals surface area contributed by atoms with Gasteiger partial charge in [0.25, 0.3) is 0 Å². The predicted molar refractivity (Wildman–Crippen MR) is 115 cm³/mol. The lowest BCUT2D eigenvalue weighted by atomic mass is 9.89. The summed E-state index contributed by atoms with van der Waals surface area (Å²) in [5.74, 6) is 3.06. The number of rotatable bonds is 6. The van der Waals surface area contributed by atoms with Crippen molar-refractivity contribution in [3.63, 3.8) is 0 Å². The number of carbonyl (C=O) groups is 1. The first-order chi connectivity index (χ1) is 14.1. The Morgan fingerprint density at radius 1 is 1.17 bits per heavy atom. The molecule has 0 N–H and O–H groups in total. The number of aromatic nitrogens is 4. The summed E-state index contributed by atoms with van der Waals surface area (Å²) in [6, 6.07) is 0. The molecule has 0 spiro atoms. The highest BCUT2D eigenvalue weighted by molar-refractivity contribution is 5.87. The van der Waals surface area contributed by atoms with Gasteiger partial charge in [-0.15, -0.1) is 0 Å². The molecule has 1 unspecified atom stereocenters. The van der Waals surface area contributed by atoms with E-state index >= 15 is 0 Å². The third-order valence-electron chi connectivity index (χ3n) is 6.65. The van der Waals surface area contributed by atoms with E-state index in [0.717, 1.165) is 74.0 Å². The number of nitrogens with zero attached hydrogens (tertiary/aromatic N) is 6. The lowest BCUT2D eigenvalue weighted by Gasteiger charge is -2.37. The average Bonchev–Trinajstić information content (AvgIpc) is 3.37. The minimum absolute atomic E-state index is 0.209. The maximum absolute atomic E-state index is 13.3. The second-order valence-corrected chi connectivity index (χ2v) is 8.78. The summed E-state index contributed by atoms with van der Waals surface area (Å²) in [4.78, 5) is 26.9. The molecule has 158 valence electrons. The molecule has 1 aliphatic carbocycles. The Bertz CT molecular complexity index is 848. The minimum atomic E-state index is 0.209. The maximum atomic E-state index is 13.3. The number of amides is 1. The van der Waals surface area contributed by atoms with E-state index in [2.05, 4.69) is 26.8 Å². The minimum Gasteiger partial charge on any atom is -0.352 e. The molecule has 1 amide bonds. The van der Waals surface area contributed by atoms with Crippen molar-refractivity contribution in [3.8, 4) is 0 Å². The van der Waals surface area contributed by atoms with Crippen molar-refractivity contribution >= 4 is 22.8 Å². The first-order valence-electron chi connectivity index (χ1n) is 11.3. The molecule has 7 heteroatoms. The molecule has 1 atom stereocenters. The Hall–Kier alpha value is -2.18. The van der Waals surface area contributed by atoms with Crippen molar-refractivity contribution < 1.29 is 4.79 Å². The molecular weight excluding hydrogens is 364 g/mol. The fraction of sp³-hybridized carbons (Fsp3) is 0.727. The van der Waals surface area contributed by atoms with Crippen LogP contribution < -0.4 is 4.90 Å². The smallest absolute Gasteiger partial charge is 0.225 e. The summed E-state index contributed by atoms with van der Waals surface area (Å²) in [6.07, 6.45) is 10.4. The largest absolute Gasteiger partial charge is 0.352 e. The Labute approximate surface area is 173 Å². The van der Waals surface area contributed by atoms with E-state index in [9.17, 15) is 4.79 Å². The van der Waals surface area contributed by atoms with Crippen molar-refractivity contribution in [1.29, 1.82) is 0 Å². The first kappa shape index (κ1) is 20.1. The fourth-order valence-corrected chi connectivity index (χ4v) is 5.09. The SMILES string of the molecule is CCCC(CC1CCCC1)C(=O)N1CCN(c2nc(C)nc3c2cnn3C)CC1. The van der Waals surface area contributed by atoms with Crippen LogP contribution in [0.2, 0.25) is 0 Å². The van der Waals surface area contributed by atoms with E-state index in [1.165, 1.54) is 25.7 Å². The number of piperazine rings is 1. The van der Waals surface area contributed by atoms with Crippen LogP contribution in [-0.2, 0) is 11.8 Å². The number of anilines is 1. The lowest BCUT2D eigenvalue weighted by Crippen LogP contribution is -2.50. The van der Waals surface area contributed by atoms with Gasteiger partial charge in [0.1, 0.15) is 11.6 Å². The van der Waals surface area contributed by atoms with Crippen LogP contribution in [0, 0.1) is 18.8 Å². The van der Waals surface area contributed by atoms with Crippen molar-refractivity contribution in [3.05, 3.63) is 12.0 Å². The van der Waals surface area contributed by atoms with Gasteiger partial charge in [-0.1, -0.05) is 39.0 Å². The van der Waals surface area contributed by atoms with Crippen LogP contribution in [0.1, 0.15) is 57.7 Å². The third-order valence-corrected chi connectivity index (χ3v) is 6.65. The van der Waals surface area contributed by atoms with E-state index in [4.69, 9.17) is 4.98 Å². The van der Waals surface area contributed by atoms with Gasteiger partial charge in [0.15, 0.2) is 5.65 Å². The Balaban J connectivity index is 1.42. The van der Waals surface area contributed by atoms with Crippen LogP contribution in [0.5, 0.6) is 0 Å². The number of fused-ring (bicyclic) bond motifs is 1. The van der Waals surface area contributed by atoms with Crippen molar-refractivity contribution in [2.75, 3.05) is 31.1 Å². The zero-order chi connectivity index (χ0) is 20.4. The highest BCUT2D eigenvalue weighted by Gasteiger charge is 2.30. The number of hydrogen-bond acceptors (Lipinski definition) is 5. The zero-order valence-electron chi connectivity index (χ0n) is 18.1. The molecule has 0 bridgehead atoms. The van der Waals surface area contributed by atoms with Gasteiger partial charge in [0.2, 0.25) is 5.91 Å². The molecule has 1 aliphatic heterocycles. The predicted octanol–water partition coefficient (Wildman–Crippen LogP) is 3.32. The summed E-state index contributed by atoms with van der Waals surface area (Å²) >= 11 is 0. The van der Waals surface area contributed by atoms with Crippen LogP contribution in [-0.4, -0.2) is 56.7 Å². The van der Waals surface area contributed by atoms with Crippen LogP contribution >= 0.6 is 0 Å². The molecular formula is C22H34N6O. The van der Waals surface area contributed by atoms with E-state index in [1.807, 2.05) is 20.2 Å². The maximum Gasteiger partial charge on any atom is 0.225 e. The molecule has 2 aliphatic rings. The van der Waals surface area contributed by atoms with Gasteiger partial charge in [-0.3, -0.25) is 9.48 Å². The molecule has 1 saturated carbocycles. The van der Waals surface area contributed by atoms with Crippen molar-refractivity contribution in [1.82, 2.24) is 24.6 Å². The van der Waals surface area contributed by atoms with Crippen molar-refractivity contribution in [2.45, 2.75) is 58.8 Å².